The molecule has 0 saturated carbocycles. The molecule has 2 atom stereocenters. The number of rotatable bonds is 16. The highest BCUT2D eigenvalue weighted by molar-refractivity contribution is 5.75. The lowest BCUT2D eigenvalue weighted by atomic mass is 10.2. The van der Waals surface area contributed by atoms with Crippen LogP contribution in [0.25, 0.3) is 0 Å². The van der Waals surface area contributed by atoms with Gasteiger partial charge in [0.15, 0.2) is 23.8 Å². The highest BCUT2D eigenvalue weighted by Gasteiger charge is 2.30. The third-order valence-corrected chi connectivity index (χ3v) is 7.00. The molecule has 0 unspecified atom stereocenters. The van der Waals surface area contributed by atoms with Crippen molar-refractivity contribution in [2.75, 3.05) is 13.2 Å². The van der Waals surface area contributed by atoms with Gasteiger partial charge in [0.2, 0.25) is 5.88 Å². The number of ether oxygens (including phenoxy) is 6. The fourth-order valence-electron chi connectivity index (χ4n) is 4.06. The van der Waals surface area contributed by atoms with Gasteiger partial charge in [-0.3, -0.25) is 0 Å². The summed E-state index contributed by atoms with van der Waals surface area (Å²) in [6.45, 7) is 7.95. The fourth-order valence-corrected chi connectivity index (χ4v) is 4.06. The minimum atomic E-state index is -4.45. The lowest BCUT2D eigenvalue weighted by Gasteiger charge is -2.14. The SMILES string of the molecule is CCCCOC(=O)[C@@H](C)Oc1ccc(Oc2ccc(C#N)cc2F)cc1.CCCCOC(=O)[C@@H](C)Oc1ccc(Oc2ccc(C(F)(F)F)cn2)cc1. The predicted octanol–water partition coefficient (Wildman–Crippen LogP) is 9.60. The van der Waals surface area contributed by atoms with Crippen molar-refractivity contribution in [2.45, 2.75) is 71.8 Å². The molecular formula is C39H40F4N2O8. The Morgan fingerprint density at radius 3 is 1.64 bits per heavy atom. The number of alkyl halides is 3. The topological polar surface area (TPSA) is 126 Å². The quantitative estimate of drug-likeness (QED) is 0.0623. The Labute approximate surface area is 305 Å². The number of pyridine rings is 1. The molecule has 0 radical (unpaired) electrons. The van der Waals surface area contributed by atoms with Crippen LogP contribution in [-0.4, -0.2) is 42.3 Å². The van der Waals surface area contributed by atoms with E-state index in [1.165, 1.54) is 12.1 Å². The summed E-state index contributed by atoms with van der Waals surface area (Å²) in [6, 6.07) is 20.6. The monoisotopic (exact) mass is 740 g/mol. The maximum Gasteiger partial charge on any atom is 0.417 e. The molecule has 4 aromatic rings. The van der Waals surface area contributed by atoms with E-state index in [1.54, 1.807) is 62.4 Å². The van der Waals surface area contributed by atoms with E-state index in [0.29, 0.717) is 42.4 Å². The maximum atomic E-state index is 13.8. The summed E-state index contributed by atoms with van der Waals surface area (Å²) in [5.41, 5.74) is -0.628. The molecule has 3 aromatic carbocycles. The number of unbranched alkanes of at least 4 members (excludes halogenated alkanes) is 2. The predicted molar refractivity (Wildman–Crippen MR) is 185 cm³/mol. The molecule has 0 N–H and O–H groups in total. The van der Waals surface area contributed by atoms with Gasteiger partial charge in [0.1, 0.15) is 23.0 Å². The first-order valence-corrected chi connectivity index (χ1v) is 16.8. The Balaban J connectivity index is 0.000000286. The molecule has 0 saturated heterocycles. The Bertz CT molecular complexity index is 1780. The zero-order valence-electron chi connectivity index (χ0n) is 29.7. The first-order chi connectivity index (χ1) is 25.3. The van der Waals surface area contributed by atoms with Crippen molar-refractivity contribution in [3.8, 4) is 40.7 Å². The number of nitriles is 1. The highest BCUT2D eigenvalue weighted by Crippen LogP contribution is 2.31. The van der Waals surface area contributed by atoms with E-state index in [4.69, 9.17) is 33.7 Å². The van der Waals surface area contributed by atoms with Gasteiger partial charge in [0, 0.05) is 12.3 Å². The number of nitrogens with zero attached hydrogens (tertiary/aromatic N) is 2. The molecule has 0 aliphatic carbocycles. The first-order valence-electron chi connectivity index (χ1n) is 16.8. The van der Waals surface area contributed by atoms with Crippen molar-refractivity contribution >= 4 is 11.9 Å². The number of halogens is 4. The smallest absolute Gasteiger partial charge is 0.417 e. The van der Waals surface area contributed by atoms with Gasteiger partial charge in [-0.05, 0) is 99.5 Å². The zero-order chi connectivity index (χ0) is 38.8. The van der Waals surface area contributed by atoms with Crippen molar-refractivity contribution in [3.05, 3.63) is 102 Å². The number of carbonyl (C=O) groups excluding carboxylic acids is 2. The number of hydrogen-bond acceptors (Lipinski definition) is 10. The van der Waals surface area contributed by atoms with Crippen LogP contribution in [0.15, 0.2) is 85.1 Å². The van der Waals surface area contributed by atoms with Gasteiger partial charge in [-0.1, -0.05) is 26.7 Å². The number of carbonyl (C=O) groups is 2. The normalized spacial score (nSPS) is 11.8. The van der Waals surface area contributed by atoms with E-state index in [-0.39, 0.29) is 17.2 Å². The van der Waals surface area contributed by atoms with Crippen LogP contribution in [0, 0.1) is 17.1 Å². The second kappa shape index (κ2) is 20.9. The Morgan fingerprint density at radius 1 is 0.736 bits per heavy atom. The number of benzene rings is 3. The lowest BCUT2D eigenvalue weighted by Crippen LogP contribution is -2.26. The zero-order valence-corrected chi connectivity index (χ0v) is 29.7. The van der Waals surface area contributed by atoms with Gasteiger partial charge in [-0.15, -0.1) is 0 Å². The van der Waals surface area contributed by atoms with E-state index in [0.717, 1.165) is 43.9 Å². The van der Waals surface area contributed by atoms with Crippen molar-refractivity contribution in [1.29, 1.82) is 5.26 Å². The number of esters is 2. The molecule has 0 aliphatic rings. The third-order valence-electron chi connectivity index (χ3n) is 7.00. The van der Waals surface area contributed by atoms with Crippen LogP contribution >= 0.6 is 0 Å². The van der Waals surface area contributed by atoms with E-state index in [9.17, 15) is 27.2 Å². The van der Waals surface area contributed by atoms with Gasteiger partial charge in [0.25, 0.3) is 0 Å². The third kappa shape index (κ3) is 14.4. The van der Waals surface area contributed by atoms with Gasteiger partial charge >= 0.3 is 18.1 Å². The van der Waals surface area contributed by atoms with Crippen LogP contribution in [0.1, 0.15) is 64.5 Å². The molecule has 282 valence electrons. The lowest BCUT2D eigenvalue weighted by molar-refractivity contribution is -0.151. The molecule has 1 heterocycles. The summed E-state index contributed by atoms with van der Waals surface area (Å²) in [6.07, 6.45) is -1.74. The molecule has 0 aliphatic heterocycles. The summed E-state index contributed by atoms with van der Waals surface area (Å²) in [7, 11) is 0. The molecule has 0 bridgehead atoms. The molecule has 0 amide bonds. The van der Waals surface area contributed by atoms with Crippen molar-refractivity contribution in [2.24, 2.45) is 0 Å². The van der Waals surface area contributed by atoms with Crippen LogP contribution in [0.5, 0.6) is 34.6 Å². The second-order valence-electron chi connectivity index (χ2n) is 11.3. The summed E-state index contributed by atoms with van der Waals surface area (Å²) in [4.78, 5) is 27.2. The van der Waals surface area contributed by atoms with Crippen molar-refractivity contribution in [3.63, 3.8) is 0 Å². The van der Waals surface area contributed by atoms with Crippen molar-refractivity contribution < 1.29 is 55.6 Å². The summed E-state index contributed by atoms with van der Waals surface area (Å²) in [5.74, 6) is 0.242. The Kier molecular flexibility index (Phi) is 16.4. The largest absolute Gasteiger partial charge is 0.479 e. The van der Waals surface area contributed by atoms with Gasteiger partial charge in [0.05, 0.1) is 30.4 Å². The molecule has 10 nitrogen and oxygen atoms in total. The molecule has 14 heteroatoms. The Morgan fingerprint density at radius 2 is 1.23 bits per heavy atom. The minimum absolute atomic E-state index is 0.0190. The molecule has 53 heavy (non-hydrogen) atoms. The average molecular weight is 741 g/mol. The van der Waals surface area contributed by atoms with E-state index >= 15 is 0 Å². The second-order valence-corrected chi connectivity index (χ2v) is 11.3. The van der Waals surface area contributed by atoms with Crippen LogP contribution in [-0.2, 0) is 25.2 Å². The number of hydrogen-bond donors (Lipinski definition) is 0. The standard InChI is InChI=1S/C20H20FNO4.C19H20F3NO4/c1-3-4-11-24-20(23)14(2)25-16-6-8-17(9-7-16)26-19-10-5-15(13-22)12-18(19)21;1-3-4-11-25-18(24)13(2)26-15-6-8-16(9-7-15)27-17-10-5-14(12-23-17)19(20,21)22/h5-10,12,14H,3-4,11H2,1-2H3;5-10,12-13H,3-4,11H2,1-2H3/t14-;13-/m11/s1. The molecule has 0 fully saturated rings. The molecular weight excluding hydrogens is 700 g/mol. The average Bonchev–Trinajstić information content (AvgIpc) is 3.14. The fraction of sp³-hybridized carbons (Fsp3) is 0.333. The van der Waals surface area contributed by atoms with E-state index in [1.807, 2.05) is 19.9 Å². The van der Waals surface area contributed by atoms with Gasteiger partial charge < -0.3 is 28.4 Å². The molecule has 1 aromatic heterocycles. The van der Waals surface area contributed by atoms with E-state index < -0.39 is 41.7 Å². The maximum absolute atomic E-state index is 13.8. The summed E-state index contributed by atoms with van der Waals surface area (Å²) >= 11 is 0. The highest BCUT2D eigenvalue weighted by atomic mass is 19.4. The summed E-state index contributed by atoms with van der Waals surface area (Å²) < 4.78 is 83.4. The molecule has 4 rings (SSSR count). The Hall–Kier alpha value is -5.84. The van der Waals surface area contributed by atoms with Crippen LogP contribution in [0.2, 0.25) is 0 Å². The van der Waals surface area contributed by atoms with Crippen LogP contribution in [0.3, 0.4) is 0 Å². The van der Waals surface area contributed by atoms with Gasteiger partial charge in [-0.2, -0.15) is 18.4 Å². The van der Waals surface area contributed by atoms with Crippen LogP contribution in [0.4, 0.5) is 17.6 Å². The minimum Gasteiger partial charge on any atom is -0.479 e. The summed E-state index contributed by atoms with van der Waals surface area (Å²) in [5, 5.41) is 8.74. The van der Waals surface area contributed by atoms with Crippen molar-refractivity contribution in [1.82, 2.24) is 4.98 Å². The molecule has 0 spiro atoms. The van der Waals surface area contributed by atoms with Crippen LogP contribution < -0.4 is 18.9 Å². The number of aromatic nitrogens is 1. The first kappa shape index (κ1) is 41.6. The van der Waals surface area contributed by atoms with E-state index in [2.05, 4.69) is 4.98 Å². The van der Waals surface area contributed by atoms with Gasteiger partial charge in [-0.25, -0.2) is 19.0 Å².